The van der Waals surface area contributed by atoms with Gasteiger partial charge in [-0.15, -0.1) is 0 Å². The fraction of sp³-hybridized carbons (Fsp3) is 0.400. The van der Waals surface area contributed by atoms with E-state index in [1.165, 1.54) is 32.6 Å². The van der Waals surface area contributed by atoms with Gasteiger partial charge in [0, 0.05) is 23.5 Å². The van der Waals surface area contributed by atoms with E-state index in [0.29, 0.717) is 28.9 Å². The lowest BCUT2D eigenvalue weighted by atomic mass is 10.1. The van der Waals surface area contributed by atoms with Crippen molar-refractivity contribution in [1.29, 1.82) is 0 Å². The molecular weight excluding hydrogens is 328 g/mol. The average Bonchev–Trinajstić information content (AvgIpc) is 2.91. The van der Waals surface area contributed by atoms with Gasteiger partial charge in [-0.25, -0.2) is 9.97 Å². The predicted molar refractivity (Wildman–Crippen MR) is 102 cm³/mol. The number of nitrogens with one attached hydrogen (secondary N) is 2. The number of nitrogens with zero attached hydrogens (tertiary/aromatic N) is 2. The summed E-state index contributed by atoms with van der Waals surface area (Å²) in [4.78, 5) is 32.5. The number of carbonyl (C=O) groups is 2. The van der Waals surface area contributed by atoms with Crippen LogP contribution in [0.5, 0.6) is 0 Å². The minimum atomic E-state index is -0.322. The molecule has 0 atom stereocenters. The van der Waals surface area contributed by atoms with Crippen molar-refractivity contribution in [3.8, 4) is 0 Å². The first-order valence-electron chi connectivity index (χ1n) is 9.14. The van der Waals surface area contributed by atoms with E-state index in [1.807, 2.05) is 0 Å². The second kappa shape index (κ2) is 8.56. The molecule has 3 rings (SSSR count). The van der Waals surface area contributed by atoms with E-state index in [1.54, 1.807) is 36.5 Å². The Morgan fingerprint density at radius 2 is 1.85 bits per heavy atom. The van der Waals surface area contributed by atoms with Gasteiger partial charge in [-0.1, -0.05) is 37.8 Å². The molecule has 136 valence electrons. The molecule has 26 heavy (non-hydrogen) atoms. The fourth-order valence-electron chi connectivity index (χ4n) is 3.17. The number of rotatable bonds is 5. The van der Waals surface area contributed by atoms with Crippen molar-refractivity contribution in [3.05, 3.63) is 47.8 Å². The standard InChI is InChI=1S/C20H24N4O2/c1-14(25)15-7-6-10-17(13-15)22-19(26)18-11-12-21-20(24-18)23-16-8-4-2-3-5-9-16/h6-7,10-13,16H,2-5,8-9H2,1H3,(H,22,26)(H,21,23,24). The van der Waals surface area contributed by atoms with Crippen molar-refractivity contribution >= 4 is 23.3 Å². The quantitative estimate of drug-likeness (QED) is 0.626. The molecule has 1 aliphatic rings. The first kappa shape index (κ1) is 18.0. The van der Waals surface area contributed by atoms with Crippen LogP contribution in [0.1, 0.15) is 66.3 Å². The molecule has 0 bridgehead atoms. The molecule has 2 N–H and O–H groups in total. The minimum absolute atomic E-state index is 0.0435. The summed E-state index contributed by atoms with van der Waals surface area (Å²) in [5.74, 6) is 0.122. The van der Waals surface area contributed by atoms with Crippen LogP contribution in [0.15, 0.2) is 36.5 Å². The zero-order valence-electron chi connectivity index (χ0n) is 15.0. The Morgan fingerprint density at radius 3 is 2.58 bits per heavy atom. The lowest BCUT2D eigenvalue weighted by Crippen LogP contribution is -2.21. The number of hydrogen-bond acceptors (Lipinski definition) is 5. The molecule has 1 aliphatic carbocycles. The largest absolute Gasteiger partial charge is 0.351 e. The van der Waals surface area contributed by atoms with Crippen LogP contribution in [0.3, 0.4) is 0 Å². The van der Waals surface area contributed by atoms with E-state index in [0.717, 1.165) is 12.8 Å². The second-order valence-electron chi connectivity index (χ2n) is 6.69. The Kier molecular flexibility index (Phi) is 5.94. The summed E-state index contributed by atoms with van der Waals surface area (Å²) in [7, 11) is 0. The lowest BCUT2D eigenvalue weighted by Gasteiger charge is -2.16. The SMILES string of the molecule is CC(=O)c1cccc(NC(=O)c2ccnc(NC3CCCCCC3)n2)c1. The Bertz CT molecular complexity index is 783. The zero-order valence-corrected chi connectivity index (χ0v) is 15.0. The highest BCUT2D eigenvalue weighted by molar-refractivity contribution is 6.04. The van der Waals surface area contributed by atoms with Crippen molar-refractivity contribution in [2.75, 3.05) is 10.6 Å². The molecule has 0 aliphatic heterocycles. The number of Topliss-reactive ketones (excluding diaryl/α,β-unsaturated/α-hetero) is 1. The van der Waals surface area contributed by atoms with Gasteiger partial charge in [0.25, 0.3) is 5.91 Å². The molecule has 0 spiro atoms. The lowest BCUT2D eigenvalue weighted by molar-refractivity contribution is 0.100. The molecule has 1 amide bonds. The topological polar surface area (TPSA) is 84.0 Å². The highest BCUT2D eigenvalue weighted by Crippen LogP contribution is 2.20. The molecule has 0 saturated heterocycles. The summed E-state index contributed by atoms with van der Waals surface area (Å²) in [5, 5.41) is 6.14. The molecule has 1 fully saturated rings. The fourth-order valence-corrected chi connectivity index (χ4v) is 3.17. The maximum Gasteiger partial charge on any atom is 0.274 e. The van der Waals surface area contributed by atoms with Crippen LogP contribution < -0.4 is 10.6 Å². The third kappa shape index (κ3) is 4.88. The number of anilines is 2. The van der Waals surface area contributed by atoms with E-state index in [2.05, 4.69) is 20.6 Å². The molecule has 0 radical (unpaired) electrons. The maximum absolute atomic E-state index is 12.5. The summed E-state index contributed by atoms with van der Waals surface area (Å²) in [6, 6.07) is 8.82. The summed E-state index contributed by atoms with van der Waals surface area (Å²) >= 11 is 0. The van der Waals surface area contributed by atoms with Gasteiger partial charge < -0.3 is 10.6 Å². The Labute approximate surface area is 153 Å². The Hall–Kier alpha value is -2.76. The molecular formula is C20H24N4O2. The zero-order chi connectivity index (χ0) is 18.4. The Balaban J connectivity index is 1.68. The van der Waals surface area contributed by atoms with E-state index >= 15 is 0 Å². The number of carbonyl (C=O) groups excluding carboxylic acids is 2. The number of amides is 1. The molecule has 1 heterocycles. The van der Waals surface area contributed by atoms with Gasteiger partial charge in [0.05, 0.1) is 0 Å². The van der Waals surface area contributed by atoms with Crippen LogP contribution in [0.25, 0.3) is 0 Å². The molecule has 1 saturated carbocycles. The molecule has 6 heteroatoms. The highest BCUT2D eigenvalue weighted by Gasteiger charge is 2.15. The van der Waals surface area contributed by atoms with Crippen LogP contribution in [0, 0.1) is 0 Å². The normalized spacial score (nSPS) is 15.1. The van der Waals surface area contributed by atoms with Gasteiger partial charge in [0.15, 0.2) is 5.78 Å². The third-order valence-electron chi connectivity index (χ3n) is 4.60. The van der Waals surface area contributed by atoms with E-state index in [4.69, 9.17) is 0 Å². The van der Waals surface area contributed by atoms with E-state index in [-0.39, 0.29) is 11.7 Å². The average molecular weight is 352 g/mol. The summed E-state index contributed by atoms with van der Waals surface area (Å²) < 4.78 is 0. The molecule has 1 aromatic heterocycles. The predicted octanol–water partition coefficient (Wildman–Crippen LogP) is 4.07. The number of hydrogen-bond donors (Lipinski definition) is 2. The smallest absolute Gasteiger partial charge is 0.274 e. The highest BCUT2D eigenvalue weighted by atomic mass is 16.2. The monoisotopic (exact) mass is 352 g/mol. The number of aromatic nitrogens is 2. The van der Waals surface area contributed by atoms with E-state index in [9.17, 15) is 9.59 Å². The number of benzene rings is 1. The van der Waals surface area contributed by atoms with Crippen LogP contribution in [0.2, 0.25) is 0 Å². The Morgan fingerprint density at radius 1 is 1.08 bits per heavy atom. The third-order valence-corrected chi connectivity index (χ3v) is 4.60. The molecule has 2 aromatic rings. The van der Waals surface area contributed by atoms with Gasteiger partial charge in [-0.3, -0.25) is 9.59 Å². The van der Waals surface area contributed by atoms with Gasteiger partial charge in [-0.2, -0.15) is 0 Å². The minimum Gasteiger partial charge on any atom is -0.351 e. The summed E-state index contributed by atoms with van der Waals surface area (Å²) in [6.07, 6.45) is 8.79. The van der Waals surface area contributed by atoms with Crippen LogP contribution in [0.4, 0.5) is 11.6 Å². The number of ketones is 1. The van der Waals surface area contributed by atoms with Gasteiger partial charge >= 0.3 is 0 Å². The maximum atomic E-state index is 12.5. The second-order valence-corrected chi connectivity index (χ2v) is 6.69. The van der Waals surface area contributed by atoms with Crippen molar-refractivity contribution in [3.63, 3.8) is 0 Å². The first-order valence-corrected chi connectivity index (χ1v) is 9.14. The first-order chi connectivity index (χ1) is 12.6. The molecule has 0 unspecified atom stereocenters. The van der Waals surface area contributed by atoms with Gasteiger partial charge in [0.1, 0.15) is 5.69 Å². The van der Waals surface area contributed by atoms with Gasteiger partial charge in [-0.05, 0) is 38.0 Å². The van der Waals surface area contributed by atoms with Crippen molar-refractivity contribution in [1.82, 2.24) is 9.97 Å². The van der Waals surface area contributed by atoms with Crippen LogP contribution in [-0.2, 0) is 0 Å². The van der Waals surface area contributed by atoms with Crippen molar-refractivity contribution in [2.24, 2.45) is 0 Å². The van der Waals surface area contributed by atoms with E-state index < -0.39 is 0 Å². The van der Waals surface area contributed by atoms with Crippen molar-refractivity contribution in [2.45, 2.75) is 51.5 Å². The molecule has 1 aromatic carbocycles. The summed E-state index contributed by atoms with van der Waals surface area (Å²) in [5.41, 5.74) is 1.42. The molecule has 6 nitrogen and oxygen atoms in total. The van der Waals surface area contributed by atoms with Crippen LogP contribution in [-0.4, -0.2) is 27.7 Å². The van der Waals surface area contributed by atoms with Gasteiger partial charge in [0.2, 0.25) is 5.95 Å². The summed E-state index contributed by atoms with van der Waals surface area (Å²) in [6.45, 7) is 1.50. The van der Waals surface area contributed by atoms with Crippen LogP contribution >= 0.6 is 0 Å². The van der Waals surface area contributed by atoms with Crippen molar-refractivity contribution < 1.29 is 9.59 Å².